The van der Waals surface area contributed by atoms with Crippen LogP contribution in [-0.2, 0) is 6.54 Å². The van der Waals surface area contributed by atoms with Gasteiger partial charge in [0.15, 0.2) is 0 Å². The first-order chi connectivity index (χ1) is 7.99. The van der Waals surface area contributed by atoms with E-state index in [0.717, 1.165) is 9.26 Å². The maximum absolute atomic E-state index is 13.7. The highest BCUT2D eigenvalue weighted by atomic mass is 127. The van der Waals surface area contributed by atoms with Crippen LogP contribution in [0, 0.1) is 22.3 Å². The van der Waals surface area contributed by atoms with Crippen LogP contribution in [0.5, 0.6) is 0 Å². The fourth-order valence-electron chi connectivity index (χ4n) is 1.45. The number of hydrogen-bond acceptors (Lipinski definition) is 1. The van der Waals surface area contributed by atoms with Crippen molar-refractivity contribution < 1.29 is 8.78 Å². The Labute approximate surface area is 119 Å². The molecule has 0 aliphatic carbocycles. The molecule has 0 amide bonds. The Hall–Kier alpha value is -0.500. The lowest BCUT2D eigenvalue weighted by atomic mass is 10.2. The van der Waals surface area contributed by atoms with E-state index in [1.807, 2.05) is 6.92 Å². The second-order valence-corrected chi connectivity index (χ2v) is 5.50. The number of nitrogens with zero attached hydrogens (tertiary/aromatic N) is 2. The van der Waals surface area contributed by atoms with E-state index in [9.17, 15) is 8.78 Å². The third kappa shape index (κ3) is 2.67. The summed E-state index contributed by atoms with van der Waals surface area (Å²) in [6.45, 7) is 1.99. The van der Waals surface area contributed by atoms with Crippen LogP contribution >= 0.6 is 38.5 Å². The summed E-state index contributed by atoms with van der Waals surface area (Å²) >= 11 is 5.12. The van der Waals surface area contributed by atoms with E-state index < -0.39 is 11.6 Å². The zero-order valence-electron chi connectivity index (χ0n) is 8.85. The third-order valence-corrected chi connectivity index (χ3v) is 4.02. The zero-order chi connectivity index (χ0) is 12.6. The van der Waals surface area contributed by atoms with Crippen molar-refractivity contribution in [3.8, 4) is 0 Å². The van der Waals surface area contributed by atoms with Gasteiger partial charge in [-0.25, -0.2) is 8.78 Å². The van der Waals surface area contributed by atoms with Crippen LogP contribution in [-0.4, -0.2) is 9.78 Å². The normalized spacial score (nSPS) is 10.9. The molecule has 2 aromatic rings. The smallest absolute Gasteiger partial charge is 0.145 e. The van der Waals surface area contributed by atoms with Crippen molar-refractivity contribution in [2.24, 2.45) is 0 Å². The van der Waals surface area contributed by atoms with Crippen molar-refractivity contribution in [2.45, 2.75) is 13.5 Å². The summed E-state index contributed by atoms with van der Waals surface area (Å²) in [5.74, 6) is -1.14. The maximum atomic E-state index is 13.7. The summed E-state index contributed by atoms with van der Waals surface area (Å²) in [7, 11) is 0. The van der Waals surface area contributed by atoms with Gasteiger partial charge < -0.3 is 0 Å². The summed E-state index contributed by atoms with van der Waals surface area (Å²) in [6, 6.07) is 2.59. The molecular formula is C11H8BrF2IN2. The molecule has 0 saturated heterocycles. The van der Waals surface area contributed by atoms with Gasteiger partial charge in [-0.3, -0.25) is 4.68 Å². The highest BCUT2D eigenvalue weighted by Crippen LogP contribution is 2.22. The van der Waals surface area contributed by atoms with E-state index in [-0.39, 0.29) is 16.6 Å². The molecule has 0 saturated carbocycles. The molecule has 0 bridgehead atoms. The molecule has 0 aliphatic heterocycles. The second kappa shape index (κ2) is 5.01. The molecule has 0 aliphatic rings. The Morgan fingerprint density at radius 3 is 2.71 bits per heavy atom. The molecule has 1 heterocycles. The van der Waals surface area contributed by atoms with Gasteiger partial charge in [0.05, 0.1) is 11.0 Å². The Kier molecular flexibility index (Phi) is 3.82. The monoisotopic (exact) mass is 412 g/mol. The van der Waals surface area contributed by atoms with Gasteiger partial charge in [-0.1, -0.05) is 0 Å². The fourth-order valence-corrected chi connectivity index (χ4v) is 2.24. The number of rotatable bonds is 2. The first-order valence-corrected chi connectivity index (χ1v) is 6.68. The van der Waals surface area contributed by atoms with Gasteiger partial charge in [0.1, 0.15) is 15.3 Å². The van der Waals surface area contributed by atoms with Gasteiger partial charge in [0, 0.05) is 17.3 Å². The molecule has 0 radical (unpaired) electrons. The van der Waals surface area contributed by atoms with Crippen LogP contribution in [0.1, 0.15) is 11.1 Å². The molecule has 1 aromatic carbocycles. The van der Waals surface area contributed by atoms with Gasteiger partial charge in [-0.2, -0.15) is 5.10 Å². The van der Waals surface area contributed by atoms with Crippen molar-refractivity contribution in [1.29, 1.82) is 0 Å². The van der Waals surface area contributed by atoms with E-state index in [0.29, 0.717) is 0 Å². The first kappa shape index (κ1) is 12.9. The minimum atomic E-state index is -0.576. The maximum Gasteiger partial charge on any atom is 0.145 e. The predicted molar refractivity (Wildman–Crippen MR) is 72.8 cm³/mol. The molecule has 0 spiro atoms. The lowest BCUT2D eigenvalue weighted by molar-refractivity contribution is 0.528. The minimum Gasteiger partial charge on any atom is -0.267 e. The van der Waals surface area contributed by atoms with Crippen molar-refractivity contribution in [3.05, 3.63) is 49.3 Å². The summed E-state index contributed by atoms with van der Waals surface area (Å²) in [6.07, 6.45) is 1.77. The van der Waals surface area contributed by atoms with E-state index in [1.165, 1.54) is 16.8 Å². The highest BCUT2D eigenvalue weighted by Gasteiger charge is 2.13. The average molecular weight is 413 g/mol. The lowest BCUT2D eigenvalue weighted by Gasteiger charge is -2.06. The van der Waals surface area contributed by atoms with Crippen LogP contribution in [0.3, 0.4) is 0 Å². The molecule has 90 valence electrons. The Morgan fingerprint density at radius 2 is 2.12 bits per heavy atom. The average Bonchev–Trinajstić information content (AvgIpc) is 2.59. The van der Waals surface area contributed by atoms with Crippen LogP contribution in [0.25, 0.3) is 0 Å². The van der Waals surface area contributed by atoms with Gasteiger partial charge in [0.25, 0.3) is 0 Å². The number of benzene rings is 1. The topological polar surface area (TPSA) is 17.8 Å². The SMILES string of the molecule is Cc1cn(Cc2c(F)ccc(Br)c2F)nc1I. The lowest BCUT2D eigenvalue weighted by Crippen LogP contribution is -2.06. The van der Waals surface area contributed by atoms with Crippen molar-refractivity contribution in [3.63, 3.8) is 0 Å². The van der Waals surface area contributed by atoms with Crippen LogP contribution in [0.15, 0.2) is 22.8 Å². The summed E-state index contributed by atoms with van der Waals surface area (Å²) < 4.78 is 29.9. The molecule has 0 fully saturated rings. The number of aryl methyl sites for hydroxylation is 1. The first-order valence-electron chi connectivity index (χ1n) is 4.81. The van der Waals surface area contributed by atoms with E-state index in [2.05, 4.69) is 43.6 Å². The largest absolute Gasteiger partial charge is 0.267 e. The molecule has 2 nitrogen and oxygen atoms in total. The molecule has 2 rings (SSSR count). The molecule has 0 unspecified atom stereocenters. The summed E-state index contributed by atoms with van der Waals surface area (Å²) in [5.41, 5.74) is 1.000. The number of aromatic nitrogens is 2. The van der Waals surface area contributed by atoms with Gasteiger partial charge in [0.2, 0.25) is 0 Å². The molecule has 17 heavy (non-hydrogen) atoms. The molecule has 1 aromatic heterocycles. The number of halogens is 4. The molecule has 0 atom stereocenters. The fraction of sp³-hybridized carbons (Fsp3) is 0.182. The summed E-state index contributed by atoms with van der Waals surface area (Å²) in [5, 5.41) is 4.17. The van der Waals surface area contributed by atoms with E-state index >= 15 is 0 Å². The van der Waals surface area contributed by atoms with Gasteiger partial charge in [-0.05, 0) is 57.6 Å². The minimum absolute atomic E-state index is 0.0123. The quantitative estimate of drug-likeness (QED) is 0.540. The predicted octanol–water partition coefficient (Wildman–Crippen LogP) is 3.89. The van der Waals surface area contributed by atoms with Crippen molar-refractivity contribution in [1.82, 2.24) is 9.78 Å². The Morgan fingerprint density at radius 1 is 1.41 bits per heavy atom. The summed E-state index contributed by atoms with van der Waals surface area (Å²) in [4.78, 5) is 0. The third-order valence-electron chi connectivity index (χ3n) is 2.34. The van der Waals surface area contributed by atoms with Gasteiger partial charge >= 0.3 is 0 Å². The van der Waals surface area contributed by atoms with Crippen molar-refractivity contribution in [2.75, 3.05) is 0 Å². The molecule has 6 heteroatoms. The van der Waals surface area contributed by atoms with Crippen LogP contribution in [0.2, 0.25) is 0 Å². The highest BCUT2D eigenvalue weighted by molar-refractivity contribution is 14.1. The van der Waals surface area contributed by atoms with Crippen LogP contribution in [0.4, 0.5) is 8.78 Å². The van der Waals surface area contributed by atoms with Gasteiger partial charge in [-0.15, -0.1) is 0 Å². The van der Waals surface area contributed by atoms with Crippen LogP contribution < -0.4 is 0 Å². The molecular weight excluding hydrogens is 405 g/mol. The number of hydrogen-bond donors (Lipinski definition) is 0. The molecule has 0 N–H and O–H groups in total. The second-order valence-electron chi connectivity index (χ2n) is 3.62. The van der Waals surface area contributed by atoms with E-state index in [4.69, 9.17) is 0 Å². The van der Waals surface area contributed by atoms with E-state index in [1.54, 1.807) is 6.20 Å². The Balaban J connectivity index is 2.39. The Bertz CT molecular complexity index is 549. The van der Waals surface area contributed by atoms with Crippen molar-refractivity contribution >= 4 is 38.5 Å². The standard InChI is InChI=1S/C11H8BrF2IN2/c1-6-4-17(16-11(6)15)5-7-9(13)3-2-8(12)10(7)14/h2-4H,5H2,1H3. The zero-order valence-corrected chi connectivity index (χ0v) is 12.6.